The quantitative estimate of drug-likeness (QED) is 0.110. The van der Waals surface area contributed by atoms with Crippen molar-refractivity contribution in [2.45, 2.75) is 77.5 Å². The molecular formula is C43H50FN9O6. The van der Waals surface area contributed by atoms with Crippen LogP contribution in [0.5, 0.6) is 0 Å². The lowest BCUT2D eigenvalue weighted by Gasteiger charge is -2.30. The van der Waals surface area contributed by atoms with Gasteiger partial charge in [-0.2, -0.15) is 0 Å². The monoisotopic (exact) mass is 807 g/mol. The van der Waals surface area contributed by atoms with E-state index in [-0.39, 0.29) is 35.7 Å². The van der Waals surface area contributed by atoms with Gasteiger partial charge in [0.05, 0.1) is 61.3 Å². The van der Waals surface area contributed by atoms with E-state index < -0.39 is 30.1 Å². The molecule has 2 fully saturated rings. The summed E-state index contributed by atoms with van der Waals surface area (Å²) in [5.41, 5.74) is 4.46. The first-order chi connectivity index (χ1) is 28.4. The summed E-state index contributed by atoms with van der Waals surface area (Å²) in [5.74, 6) is 0.102. The second kappa shape index (κ2) is 17.3. The van der Waals surface area contributed by atoms with Crippen LogP contribution in [0, 0.1) is 17.7 Å². The zero-order valence-corrected chi connectivity index (χ0v) is 34.0. The van der Waals surface area contributed by atoms with Crippen molar-refractivity contribution in [2.24, 2.45) is 11.8 Å². The number of ether oxygens (including phenoxy) is 2. The molecule has 15 nitrogen and oxygen atoms in total. The topological polar surface area (TPSA) is 188 Å². The number of rotatable bonds is 11. The summed E-state index contributed by atoms with van der Waals surface area (Å²) in [6, 6.07) is 12.6. The molecule has 0 bridgehead atoms. The van der Waals surface area contributed by atoms with Crippen LogP contribution in [-0.2, 0) is 19.1 Å². The Bertz CT molecular complexity index is 2360. The van der Waals surface area contributed by atoms with E-state index in [0.29, 0.717) is 53.7 Å². The summed E-state index contributed by atoms with van der Waals surface area (Å²) in [7, 11) is 2.53. The summed E-state index contributed by atoms with van der Waals surface area (Å²) in [5, 5.41) is 6.22. The summed E-state index contributed by atoms with van der Waals surface area (Å²) in [6.45, 7) is 8.56. The Labute approximate surface area is 341 Å². The summed E-state index contributed by atoms with van der Waals surface area (Å²) >= 11 is 0. The first-order valence-corrected chi connectivity index (χ1v) is 20.0. The molecule has 0 saturated carbocycles. The van der Waals surface area contributed by atoms with Crippen molar-refractivity contribution >= 4 is 34.9 Å². The van der Waals surface area contributed by atoms with Crippen molar-refractivity contribution < 1.29 is 33.0 Å². The van der Waals surface area contributed by atoms with Gasteiger partial charge in [0.1, 0.15) is 29.5 Å². The van der Waals surface area contributed by atoms with Gasteiger partial charge in [-0.1, -0.05) is 45.9 Å². The Morgan fingerprint density at radius 3 is 1.81 bits per heavy atom. The highest BCUT2D eigenvalue weighted by atomic mass is 19.1. The molecule has 4 atom stereocenters. The molecule has 5 heterocycles. The number of carbonyl (C=O) groups is 4. The predicted molar refractivity (Wildman–Crippen MR) is 218 cm³/mol. The number of halogens is 1. The van der Waals surface area contributed by atoms with E-state index in [0.717, 1.165) is 41.4 Å². The summed E-state index contributed by atoms with van der Waals surface area (Å²) in [6.07, 6.45) is 5.03. The fraction of sp³-hybridized carbons (Fsp3) is 0.419. The maximum absolute atomic E-state index is 15.8. The minimum atomic E-state index is -0.755. The van der Waals surface area contributed by atoms with Gasteiger partial charge in [0.15, 0.2) is 0 Å². The van der Waals surface area contributed by atoms with Crippen LogP contribution in [0.2, 0.25) is 0 Å². The summed E-state index contributed by atoms with van der Waals surface area (Å²) < 4.78 is 25.3. The summed E-state index contributed by atoms with van der Waals surface area (Å²) in [4.78, 5) is 75.3. The highest BCUT2D eigenvalue weighted by Gasteiger charge is 2.39. The van der Waals surface area contributed by atoms with Crippen LogP contribution in [-0.4, -0.2) is 98.1 Å². The largest absolute Gasteiger partial charge is 0.453 e. The van der Waals surface area contributed by atoms with Crippen molar-refractivity contribution in [3.63, 3.8) is 0 Å². The van der Waals surface area contributed by atoms with E-state index in [1.807, 2.05) is 64.1 Å². The molecular weight excluding hydrogens is 758 g/mol. The van der Waals surface area contributed by atoms with Crippen LogP contribution in [0.1, 0.15) is 77.1 Å². The number of benzene rings is 2. The van der Waals surface area contributed by atoms with Gasteiger partial charge in [-0.3, -0.25) is 9.59 Å². The lowest BCUT2D eigenvalue weighted by atomic mass is 10.0. The minimum Gasteiger partial charge on any atom is -0.453 e. The molecule has 0 unspecified atom stereocenters. The van der Waals surface area contributed by atoms with Gasteiger partial charge < -0.3 is 39.9 Å². The van der Waals surface area contributed by atoms with Crippen molar-refractivity contribution in [1.29, 1.82) is 0 Å². The molecule has 59 heavy (non-hydrogen) atoms. The van der Waals surface area contributed by atoms with E-state index in [2.05, 4.69) is 30.6 Å². The molecule has 4 amide bonds. The predicted octanol–water partition coefficient (Wildman–Crippen LogP) is 6.91. The molecule has 2 aliphatic heterocycles. The molecule has 2 saturated heterocycles. The van der Waals surface area contributed by atoms with E-state index in [9.17, 15) is 19.2 Å². The van der Waals surface area contributed by atoms with Crippen LogP contribution in [0.4, 0.5) is 14.0 Å². The van der Waals surface area contributed by atoms with Gasteiger partial charge in [0.25, 0.3) is 0 Å². The van der Waals surface area contributed by atoms with Crippen LogP contribution >= 0.6 is 0 Å². The number of imidazole rings is 2. The molecule has 0 aliphatic carbocycles. The fourth-order valence-electron chi connectivity index (χ4n) is 8.03. The number of nitrogens with zero attached hydrogens (tertiary/aromatic N) is 5. The molecule has 2 aliphatic rings. The van der Waals surface area contributed by atoms with Crippen LogP contribution in [0.15, 0.2) is 60.9 Å². The zero-order valence-electron chi connectivity index (χ0n) is 34.0. The molecule has 310 valence electrons. The second-order valence-corrected chi connectivity index (χ2v) is 15.8. The third-order valence-corrected chi connectivity index (χ3v) is 11.2. The molecule has 5 aromatic rings. The van der Waals surface area contributed by atoms with E-state index in [4.69, 9.17) is 14.5 Å². The molecule has 0 radical (unpaired) electrons. The smallest absolute Gasteiger partial charge is 0.407 e. The highest BCUT2D eigenvalue weighted by Crippen LogP contribution is 2.36. The number of hydrogen-bond donors (Lipinski definition) is 4. The van der Waals surface area contributed by atoms with Gasteiger partial charge in [-0.15, -0.1) is 0 Å². The number of fused-ring (bicyclic) bond motifs is 1. The zero-order chi connectivity index (χ0) is 42.0. The van der Waals surface area contributed by atoms with E-state index in [1.54, 1.807) is 28.3 Å². The molecule has 4 N–H and O–H groups in total. The number of methoxy groups -OCH3 is 2. The Hall–Kier alpha value is -6.32. The van der Waals surface area contributed by atoms with Crippen LogP contribution in [0.3, 0.4) is 0 Å². The number of H-pyrrole nitrogens is 2. The Balaban J connectivity index is 1.05. The Morgan fingerprint density at radius 1 is 0.729 bits per heavy atom. The second-order valence-electron chi connectivity index (χ2n) is 15.8. The molecule has 16 heteroatoms. The van der Waals surface area contributed by atoms with Crippen LogP contribution < -0.4 is 10.6 Å². The number of carbonyl (C=O) groups excluding carboxylic acids is 4. The number of hydrogen-bond acceptors (Lipinski definition) is 9. The van der Waals surface area contributed by atoms with Gasteiger partial charge >= 0.3 is 12.2 Å². The molecule has 7 rings (SSSR count). The number of alkyl carbamates (subject to hydrolysis) is 2. The third kappa shape index (κ3) is 8.47. The first kappa shape index (κ1) is 40.9. The number of pyridine rings is 1. The van der Waals surface area contributed by atoms with Gasteiger partial charge in [0.2, 0.25) is 11.8 Å². The lowest BCUT2D eigenvalue weighted by molar-refractivity contribution is -0.136. The Kier molecular flexibility index (Phi) is 12.0. The maximum atomic E-state index is 15.8. The lowest BCUT2D eigenvalue weighted by Crippen LogP contribution is -2.51. The van der Waals surface area contributed by atoms with Crippen LogP contribution in [0.25, 0.3) is 44.7 Å². The van der Waals surface area contributed by atoms with Gasteiger partial charge in [0, 0.05) is 35.2 Å². The third-order valence-electron chi connectivity index (χ3n) is 11.2. The van der Waals surface area contributed by atoms with E-state index >= 15 is 4.39 Å². The van der Waals surface area contributed by atoms with Gasteiger partial charge in [-0.25, -0.2) is 28.9 Å². The van der Waals surface area contributed by atoms with Crippen molar-refractivity contribution in [3.8, 4) is 33.8 Å². The SMILES string of the molecule is COC(=O)N[C@H](C(=O)N1CCC[C@H]1c1ncc(-c2ccc3nc(-c4ccc(-c5cnc([C@@H]6CCCN6C(=O)[C@@H](NC(=O)OC)C(C)C)[nH]5)c(F)c4)ccc3c2)[nH]1)C(C)C. The fourth-order valence-corrected chi connectivity index (χ4v) is 8.03. The maximum Gasteiger partial charge on any atom is 0.407 e. The minimum absolute atomic E-state index is 0.130. The number of likely N-dealkylation sites (tertiary alicyclic amines) is 2. The Morgan fingerprint density at radius 2 is 1.27 bits per heavy atom. The molecule has 0 spiro atoms. The van der Waals surface area contributed by atoms with Gasteiger partial charge in [-0.05, 0) is 67.9 Å². The van der Waals surface area contributed by atoms with E-state index in [1.165, 1.54) is 20.3 Å². The van der Waals surface area contributed by atoms with Crippen molar-refractivity contribution in [3.05, 3.63) is 78.4 Å². The standard InChI is InChI=1S/C43H50FN9O6/c1-23(2)36(50-42(56)58-5)40(54)52-17-7-9-34(52)38-45-21-32(48-38)26-13-16-30-25(19-26)12-15-31(47-30)27-11-14-28(29(44)20-27)33-22-46-39(49-33)35-10-8-18-53(35)41(55)37(24(3)4)51-43(57)59-6/h11-16,19-24,34-37H,7-10,17-18H2,1-6H3,(H,45,48)(H,46,49)(H,50,56)(H,51,57)/t34-,35-,36-,37-/m0/s1. The number of aromatic nitrogens is 5. The number of aromatic amines is 2. The number of nitrogens with one attached hydrogen (secondary N) is 4. The highest BCUT2D eigenvalue weighted by molar-refractivity contribution is 5.88. The van der Waals surface area contributed by atoms with Crippen molar-refractivity contribution in [2.75, 3.05) is 27.3 Å². The average molecular weight is 808 g/mol. The molecule has 2 aromatic carbocycles. The molecule has 3 aromatic heterocycles. The van der Waals surface area contributed by atoms with Crippen molar-refractivity contribution in [1.82, 2.24) is 45.4 Å². The number of amides is 4. The normalized spacial score (nSPS) is 17.7. The first-order valence-electron chi connectivity index (χ1n) is 20.0. The average Bonchev–Trinajstić information content (AvgIpc) is 4.07.